The second kappa shape index (κ2) is 9.76. The van der Waals surface area contributed by atoms with E-state index in [0.29, 0.717) is 29.4 Å². The van der Waals surface area contributed by atoms with E-state index in [1.165, 1.54) is 0 Å². The van der Waals surface area contributed by atoms with E-state index < -0.39 is 5.92 Å². The fourth-order valence-electron chi connectivity index (χ4n) is 5.01. The average Bonchev–Trinajstić information content (AvgIpc) is 3.25. The van der Waals surface area contributed by atoms with Gasteiger partial charge in [-0.2, -0.15) is 5.10 Å². The molecule has 1 aromatic heterocycles. The van der Waals surface area contributed by atoms with Crippen molar-refractivity contribution in [1.82, 2.24) is 15.5 Å². The number of nitrogens with one attached hydrogen (secondary N) is 3. The lowest BCUT2D eigenvalue weighted by molar-refractivity contribution is -0.118. The first-order chi connectivity index (χ1) is 17.2. The minimum absolute atomic E-state index is 0.0926. The zero-order valence-corrected chi connectivity index (χ0v) is 21.4. The van der Waals surface area contributed by atoms with Gasteiger partial charge in [0.2, 0.25) is 11.8 Å². The lowest BCUT2D eigenvalue weighted by atomic mass is 9.99. The van der Waals surface area contributed by atoms with Gasteiger partial charge in [-0.15, -0.1) is 0 Å². The second-order valence-corrected chi connectivity index (χ2v) is 10.9. The number of carbonyl (C=O) groups excluding carboxylic acids is 3. The van der Waals surface area contributed by atoms with E-state index in [0.717, 1.165) is 49.9 Å². The first-order valence-electron chi connectivity index (χ1n) is 12.7. The lowest BCUT2D eigenvalue weighted by Gasteiger charge is -2.19. The van der Waals surface area contributed by atoms with Crippen molar-refractivity contribution in [1.29, 1.82) is 0 Å². The molecule has 2 saturated carbocycles. The monoisotopic (exact) mass is 513 g/mol. The number of nitrogens with zero attached hydrogens (tertiary/aromatic N) is 2. The Balaban J connectivity index is 1.15. The second-order valence-electron chi connectivity index (χ2n) is 10.5. The van der Waals surface area contributed by atoms with Crippen molar-refractivity contribution in [2.75, 3.05) is 16.8 Å². The van der Waals surface area contributed by atoms with Crippen LogP contribution in [0.15, 0.2) is 24.3 Å². The predicted octanol–water partition coefficient (Wildman–Crippen LogP) is 4.85. The van der Waals surface area contributed by atoms with Crippen LogP contribution in [0.25, 0.3) is 0 Å². The molecule has 3 N–H and O–H groups in total. The summed E-state index contributed by atoms with van der Waals surface area (Å²) in [4.78, 5) is 38.8. The number of carbonyl (C=O) groups is 3. The molecule has 1 aliphatic heterocycles. The molecule has 0 radical (unpaired) electrons. The van der Waals surface area contributed by atoms with Gasteiger partial charge in [-0.1, -0.05) is 17.7 Å². The van der Waals surface area contributed by atoms with Crippen LogP contribution in [-0.4, -0.2) is 46.3 Å². The van der Waals surface area contributed by atoms with Gasteiger partial charge in [-0.3, -0.25) is 14.7 Å². The van der Waals surface area contributed by atoms with E-state index in [-0.39, 0.29) is 35.5 Å². The van der Waals surface area contributed by atoms with Crippen LogP contribution in [-0.2, 0) is 14.3 Å². The molecule has 5 rings (SSSR count). The van der Waals surface area contributed by atoms with Crippen LogP contribution in [0.1, 0.15) is 81.9 Å². The fraction of sp³-hybridized carbons (Fsp3) is 0.538. The highest BCUT2D eigenvalue weighted by atomic mass is 35.5. The fourth-order valence-corrected chi connectivity index (χ4v) is 5.35. The molecule has 3 atom stereocenters. The first kappa shape index (κ1) is 24.6. The molecule has 36 heavy (non-hydrogen) atoms. The van der Waals surface area contributed by atoms with Gasteiger partial charge in [0.25, 0.3) is 0 Å². The van der Waals surface area contributed by atoms with E-state index in [9.17, 15) is 14.4 Å². The number of anilines is 2. The van der Waals surface area contributed by atoms with Gasteiger partial charge in [0.15, 0.2) is 5.82 Å². The van der Waals surface area contributed by atoms with E-state index in [2.05, 4.69) is 20.8 Å². The maximum atomic E-state index is 12.9. The molecule has 3 aliphatic rings. The third-order valence-electron chi connectivity index (χ3n) is 7.58. The van der Waals surface area contributed by atoms with E-state index >= 15 is 0 Å². The SMILES string of the molecule is CC(C(=O)Nc1cc(C2CC[C@@H](OC(=O)NC3(C)CC3)C2)[nH]n1)c1ccc(N2CCCC2=O)cc1Cl. The quantitative estimate of drug-likeness (QED) is 0.489. The van der Waals surface area contributed by atoms with Crippen molar-refractivity contribution in [2.24, 2.45) is 0 Å². The maximum absolute atomic E-state index is 12.9. The summed E-state index contributed by atoms with van der Waals surface area (Å²) in [7, 11) is 0. The van der Waals surface area contributed by atoms with Crippen LogP contribution in [0.2, 0.25) is 5.02 Å². The van der Waals surface area contributed by atoms with Crippen LogP contribution < -0.4 is 15.5 Å². The van der Waals surface area contributed by atoms with Crippen LogP contribution in [0.4, 0.5) is 16.3 Å². The summed E-state index contributed by atoms with van der Waals surface area (Å²) in [5.74, 6) is -0.00364. The Bertz CT molecular complexity index is 1180. The summed E-state index contributed by atoms with van der Waals surface area (Å²) in [6.07, 6.45) is 5.30. The number of hydrogen-bond donors (Lipinski definition) is 3. The van der Waals surface area contributed by atoms with Crippen LogP contribution in [0.3, 0.4) is 0 Å². The van der Waals surface area contributed by atoms with Crippen molar-refractivity contribution in [3.05, 3.63) is 40.5 Å². The third kappa shape index (κ3) is 5.36. The first-order valence-corrected chi connectivity index (χ1v) is 13.0. The van der Waals surface area contributed by atoms with Crippen molar-refractivity contribution >= 4 is 41.0 Å². The number of aromatic nitrogens is 2. The van der Waals surface area contributed by atoms with Gasteiger partial charge < -0.3 is 20.3 Å². The molecule has 0 spiro atoms. The van der Waals surface area contributed by atoms with E-state index in [4.69, 9.17) is 16.3 Å². The van der Waals surface area contributed by atoms with Gasteiger partial charge in [0, 0.05) is 46.9 Å². The summed E-state index contributed by atoms with van der Waals surface area (Å²) in [5, 5.41) is 13.5. The Labute approximate surface area is 215 Å². The number of benzene rings is 1. The highest BCUT2D eigenvalue weighted by Crippen LogP contribution is 2.38. The molecule has 1 aromatic carbocycles. The van der Waals surface area contributed by atoms with Crippen molar-refractivity contribution in [3.63, 3.8) is 0 Å². The lowest BCUT2D eigenvalue weighted by Crippen LogP contribution is -2.36. The molecule has 9 nitrogen and oxygen atoms in total. The Morgan fingerprint density at radius 3 is 2.78 bits per heavy atom. The minimum atomic E-state index is -0.503. The largest absolute Gasteiger partial charge is 0.446 e. The number of ether oxygens (including phenoxy) is 1. The predicted molar refractivity (Wildman–Crippen MR) is 136 cm³/mol. The maximum Gasteiger partial charge on any atom is 0.407 e. The van der Waals surface area contributed by atoms with Gasteiger partial charge >= 0.3 is 6.09 Å². The number of hydrogen-bond acceptors (Lipinski definition) is 5. The summed E-state index contributed by atoms with van der Waals surface area (Å²) in [5.41, 5.74) is 2.27. The van der Waals surface area contributed by atoms with Crippen LogP contribution in [0, 0.1) is 0 Å². The molecule has 1 saturated heterocycles. The van der Waals surface area contributed by atoms with Crippen molar-refractivity contribution in [3.8, 4) is 0 Å². The van der Waals surface area contributed by atoms with E-state index in [1.807, 2.05) is 25.1 Å². The average molecular weight is 514 g/mol. The Morgan fingerprint density at radius 1 is 1.28 bits per heavy atom. The number of alkyl carbamates (subject to hydrolysis) is 1. The van der Waals surface area contributed by atoms with Crippen LogP contribution in [0.5, 0.6) is 0 Å². The standard InChI is InChI=1S/C26H32ClN5O4/c1-15(19-8-6-17(13-20(19)27)32-11-3-4-23(32)33)24(34)28-22-14-21(30-31-22)16-5-7-18(12-16)36-25(35)29-26(2)9-10-26/h6,8,13-16,18H,3-5,7,9-12H2,1-2H3,(H,29,35)(H2,28,30,31,34)/t15?,16?,18-/m1/s1. The summed E-state index contributed by atoms with van der Waals surface area (Å²) in [6, 6.07) is 7.24. The number of H-pyrrole nitrogens is 1. The molecule has 2 aromatic rings. The zero-order chi connectivity index (χ0) is 25.4. The van der Waals surface area contributed by atoms with Gasteiger partial charge in [-0.05, 0) is 70.1 Å². The molecule has 3 fully saturated rings. The summed E-state index contributed by atoms with van der Waals surface area (Å²) >= 11 is 6.50. The minimum Gasteiger partial charge on any atom is -0.446 e. The van der Waals surface area contributed by atoms with Gasteiger partial charge in [-0.25, -0.2) is 4.79 Å². The molecule has 192 valence electrons. The summed E-state index contributed by atoms with van der Waals surface area (Å²) < 4.78 is 5.60. The molecule has 2 aliphatic carbocycles. The topological polar surface area (TPSA) is 116 Å². The Morgan fingerprint density at radius 2 is 2.08 bits per heavy atom. The summed E-state index contributed by atoms with van der Waals surface area (Å²) in [6.45, 7) is 4.50. The molecule has 2 unspecified atom stereocenters. The molecule has 10 heteroatoms. The van der Waals surface area contributed by atoms with Gasteiger partial charge in [0.1, 0.15) is 6.10 Å². The van der Waals surface area contributed by atoms with E-state index in [1.54, 1.807) is 17.9 Å². The number of amides is 3. The van der Waals surface area contributed by atoms with Crippen LogP contribution >= 0.6 is 11.6 Å². The number of halogens is 1. The Kier molecular flexibility index (Phi) is 6.68. The third-order valence-corrected chi connectivity index (χ3v) is 7.91. The number of rotatable bonds is 7. The molecule has 3 amide bonds. The normalized spacial score (nSPS) is 23.4. The molecule has 2 heterocycles. The number of aromatic amines is 1. The molecular formula is C26H32ClN5O4. The molecular weight excluding hydrogens is 482 g/mol. The highest BCUT2D eigenvalue weighted by Gasteiger charge is 2.40. The zero-order valence-electron chi connectivity index (χ0n) is 20.6. The smallest absolute Gasteiger partial charge is 0.407 e. The van der Waals surface area contributed by atoms with Crippen molar-refractivity contribution < 1.29 is 19.1 Å². The van der Waals surface area contributed by atoms with Gasteiger partial charge in [0.05, 0.1) is 5.92 Å². The highest BCUT2D eigenvalue weighted by molar-refractivity contribution is 6.32. The Hall–Kier alpha value is -3.07. The molecule has 0 bridgehead atoms. The van der Waals surface area contributed by atoms with Crippen molar-refractivity contribution in [2.45, 2.75) is 82.3 Å².